The zero-order valence-electron chi connectivity index (χ0n) is 7.10. The van der Waals surface area contributed by atoms with Crippen molar-refractivity contribution in [2.24, 2.45) is 0 Å². The molecule has 2 rings (SSSR count). The van der Waals surface area contributed by atoms with Gasteiger partial charge in [-0.2, -0.15) is 0 Å². The van der Waals surface area contributed by atoms with Crippen molar-refractivity contribution in [3.8, 4) is 0 Å². The summed E-state index contributed by atoms with van der Waals surface area (Å²) in [4.78, 5) is 0. The van der Waals surface area contributed by atoms with Crippen molar-refractivity contribution in [1.29, 1.82) is 0 Å². The van der Waals surface area contributed by atoms with Crippen LogP contribution in [0.3, 0.4) is 0 Å². The van der Waals surface area contributed by atoms with Gasteiger partial charge in [-0.25, -0.2) is 0 Å². The third kappa shape index (κ3) is 1.45. The molecule has 0 aliphatic rings. The van der Waals surface area contributed by atoms with Gasteiger partial charge in [0.15, 0.2) is 0 Å². The van der Waals surface area contributed by atoms with Gasteiger partial charge in [-0.15, -0.1) is 22.9 Å². The lowest BCUT2D eigenvalue weighted by molar-refractivity contribution is 1.40. The van der Waals surface area contributed by atoms with Gasteiger partial charge in [0, 0.05) is 15.3 Å². The van der Waals surface area contributed by atoms with E-state index in [-0.39, 0.29) is 0 Å². The topological polar surface area (TPSA) is 0 Å². The maximum atomic E-state index is 6.15. The number of hydrogen-bond donors (Lipinski definition) is 0. The van der Waals surface area contributed by atoms with Gasteiger partial charge >= 0.3 is 0 Å². The van der Waals surface area contributed by atoms with Crippen molar-refractivity contribution in [2.75, 3.05) is 0 Å². The van der Waals surface area contributed by atoms with Gasteiger partial charge in [-0.05, 0) is 35.4 Å². The molecule has 68 valence electrons. The van der Waals surface area contributed by atoms with Crippen LogP contribution in [-0.2, 0) is 5.88 Å². The Morgan fingerprint density at radius 3 is 2.92 bits per heavy atom. The molecule has 0 aliphatic carbocycles. The van der Waals surface area contributed by atoms with Crippen molar-refractivity contribution < 1.29 is 0 Å². The van der Waals surface area contributed by atoms with E-state index in [2.05, 4.69) is 17.5 Å². The van der Waals surface area contributed by atoms with Crippen LogP contribution in [-0.4, -0.2) is 0 Å². The smallest absolute Gasteiger partial charge is 0.0503 e. The molecule has 0 amide bonds. The summed E-state index contributed by atoms with van der Waals surface area (Å²) in [6.07, 6.45) is 0. The Morgan fingerprint density at radius 1 is 1.46 bits per heavy atom. The van der Waals surface area contributed by atoms with Crippen LogP contribution in [0, 0.1) is 6.92 Å². The molecular formula is C10H8Cl2S. The van der Waals surface area contributed by atoms with E-state index in [0.717, 1.165) is 16.1 Å². The fourth-order valence-corrected chi connectivity index (χ4v) is 3.05. The first-order valence-corrected chi connectivity index (χ1v) is 5.74. The highest BCUT2D eigenvalue weighted by molar-refractivity contribution is 7.17. The van der Waals surface area contributed by atoms with E-state index in [9.17, 15) is 0 Å². The lowest BCUT2D eigenvalue weighted by Gasteiger charge is -2.05. The van der Waals surface area contributed by atoms with Crippen LogP contribution in [0.4, 0.5) is 0 Å². The Labute approximate surface area is 91.1 Å². The number of thiophene rings is 1. The van der Waals surface area contributed by atoms with E-state index in [1.807, 2.05) is 6.92 Å². The minimum absolute atomic E-state index is 0.484. The fourth-order valence-electron chi connectivity index (χ4n) is 1.43. The van der Waals surface area contributed by atoms with E-state index in [1.54, 1.807) is 11.3 Å². The molecule has 0 spiro atoms. The predicted octanol–water partition coefficient (Wildman–Crippen LogP) is 4.60. The maximum Gasteiger partial charge on any atom is 0.0503 e. The highest BCUT2D eigenvalue weighted by Crippen LogP contribution is 2.33. The van der Waals surface area contributed by atoms with Gasteiger partial charge in [0.05, 0.1) is 5.88 Å². The fraction of sp³-hybridized carbons (Fsp3) is 0.200. The minimum atomic E-state index is 0.484. The number of rotatable bonds is 1. The third-order valence-corrected chi connectivity index (χ3v) is 3.87. The molecule has 0 saturated heterocycles. The monoisotopic (exact) mass is 230 g/mol. The molecule has 0 fully saturated rings. The predicted molar refractivity (Wildman–Crippen MR) is 61.1 cm³/mol. The number of halogens is 2. The second-order valence-electron chi connectivity index (χ2n) is 2.96. The van der Waals surface area contributed by atoms with Crippen LogP contribution in [0.2, 0.25) is 5.02 Å². The van der Waals surface area contributed by atoms with E-state index in [0.29, 0.717) is 5.88 Å². The quantitative estimate of drug-likeness (QED) is 0.629. The van der Waals surface area contributed by atoms with Crippen LogP contribution >= 0.6 is 34.5 Å². The van der Waals surface area contributed by atoms with Gasteiger partial charge in [0.1, 0.15) is 0 Å². The molecule has 13 heavy (non-hydrogen) atoms. The van der Waals surface area contributed by atoms with Gasteiger partial charge in [0.2, 0.25) is 0 Å². The molecule has 0 aliphatic heterocycles. The largest absolute Gasteiger partial charge is 0.143 e. The van der Waals surface area contributed by atoms with Crippen LogP contribution < -0.4 is 0 Å². The standard InChI is InChI=1S/C10H8Cl2S/c1-6-4-7-2-3-13-10(7)8(5-11)9(6)12/h2-4H,5H2,1H3. The Hall–Kier alpha value is -0.240. The zero-order valence-corrected chi connectivity index (χ0v) is 9.43. The average molecular weight is 231 g/mol. The molecule has 0 bridgehead atoms. The van der Waals surface area contributed by atoms with E-state index in [1.165, 1.54) is 10.1 Å². The van der Waals surface area contributed by atoms with Crippen LogP contribution in [0.5, 0.6) is 0 Å². The van der Waals surface area contributed by atoms with Crippen molar-refractivity contribution in [1.82, 2.24) is 0 Å². The Kier molecular flexibility index (Phi) is 2.50. The summed E-state index contributed by atoms with van der Waals surface area (Å²) < 4.78 is 1.21. The first-order valence-electron chi connectivity index (χ1n) is 3.95. The van der Waals surface area contributed by atoms with E-state index in [4.69, 9.17) is 23.2 Å². The molecule has 1 heterocycles. The molecule has 1 aromatic carbocycles. The SMILES string of the molecule is Cc1cc2ccsc2c(CCl)c1Cl. The lowest BCUT2D eigenvalue weighted by Crippen LogP contribution is -1.84. The molecule has 2 aromatic rings. The molecule has 3 heteroatoms. The number of hydrogen-bond acceptors (Lipinski definition) is 1. The summed E-state index contributed by atoms with van der Waals surface area (Å²) in [6.45, 7) is 2.01. The Morgan fingerprint density at radius 2 is 2.23 bits per heavy atom. The van der Waals surface area contributed by atoms with Crippen molar-refractivity contribution in [3.63, 3.8) is 0 Å². The first-order chi connectivity index (χ1) is 6.24. The second kappa shape index (κ2) is 3.49. The van der Waals surface area contributed by atoms with Crippen LogP contribution in [0.1, 0.15) is 11.1 Å². The number of benzene rings is 1. The normalized spacial score (nSPS) is 11.0. The molecular weight excluding hydrogens is 223 g/mol. The highest BCUT2D eigenvalue weighted by Gasteiger charge is 2.08. The summed E-state index contributed by atoms with van der Waals surface area (Å²) in [5, 5.41) is 4.11. The summed E-state index contributed by atoms with van der Waals surface area (Å²) in [5.41, 5.74) is 2.16. The third-order valence-electron chi connectivity index (χ3n) is 2.09. The number of aryl methyl sites for hydroxylation is 1. The summed E-state index contributed by atoms with van der Waals surface area (Å²) >= 11 is 13.7. The summed E-state index contributed by atoms with van der Waals surface area (Å²) in [7, 11) is 0. The average Bonchev–Trinajstić information content (AvgIpc) is 2.54. The number of fused-ring (bicyclic) bond motifs is 1. The van der Waals surface area contributed by atoms with E-state index >= 15 is 0 Å². The van der Waals surface area contributed by atoms with Crippen LogP contribution in [0.25, 0.3) is 10.1 Å². The second-order valence-corrected chi connectivity index (χ2v) is 4.52. The zero-order chi connectivity index (χ0) is 9.42. The molecule has 1 aromatic heterocycles. The Bertz CT molecular complexity index is 445. The first kappa shape index (κ1) is 9.32. The van der Waals surface area contributed by atoms with Crippen molar-refractivity contribution in [3.05, 3.63) is 33.7 Å². The maximum absolute atomic E-state index is 6.15. The highest BCUT2D eigenvalue weighted by atomic mass is 35.5. The van der Waals surface area contributed by atoms with Gasteiger partial charge in [-0.3, -0.25) is 0 Å². The summed E-state index contributed by atoms with van der Waals surface area (Å²) in [6, 6.07) is 4.20. The molecule has 0 radical (unpaired) electrons. The van der Waals surface area contributed by atoms with Crippen molar-refractivity contribution >= 4 is 44.6 Å². The van der Waals surface area contributed by atoms with Crippen molar-refractivity contribution in [2.45, 2.75) is 12.8 Å². The molecule has 0 nitrogen and oxygen atoms in total. The van der Waals surface area contributed by atoms with Gasteiger partial charge < -0.3 is 0 Å². The van der Waals surface area contributed by atoms with Crippen LogP contribution in [0.15, 0.2) is 17.5 Å². The van der Waals surface area contributed by atoms with Gasteiger partial charge in [-0.1, -0.05) is 11.6 Å². The lowest BCUT2D eigenvalue weighted by atomic mass is 10.1. The van der Waals surface area contributed by atoms with E-state index < -0.39 is 0 Å². The molecule has 0 N–H and O–H groups in total. The minimum Gasteiger partial charge on any atom is -0.143 e. The molecule has 0 atom stereocenters. The summed E-state index contributed by atoms with van der Waals surface area (Å²) in [5.74, 6) is 0.484. The molecule has 0 saturated carbocycles. The number of alkyl halides is 1. The van der Waals surface area contributed by atoms with Gasteiger partial charge in [0.25, 0.3) is 0 Å². The Balaban J connectivity index is 2.87. The molecule has 0 unspecified atom stereocenters.